The number of hydrogen-bond acceptors (Lipinski definition) is 6. The minimum absolute atomic E-state index is 0.0577. The van der Waals surface area contributed by atoms with Crippen molar-refractivity contribution in [3.8, 4) is 0 Å². The number of carboxylic acid groups (broad SMARTS) is 1. The Morgan fingerprint density at radius 2 is 1.66 bits per heavy atom. The number of aromatic carboxylic acids is 1. The van der Waals surface area contributed by atoms with E-state index < -0.39 is 21.8 Å². The van der Waals surface area contributed by atoms with Gasteiger partial charge in [-0.25, -0.2) is 22.6 Å². The second-order valence-electron chi connectivity index (χ2n) is 7.26. The third kappa shape index (κ3) is 4.65. The summed E-state index contributed by atoms with van der Waals surface area (Å²) in [7, 11) is -4.07. The summed E-state index contributed by atoms with van der Waals surface area (Å²) in [5, 5.41) is 9.66. The number of nitrogens with one attached hydrogen (secondary N) is 1. The second-order valence-corrected chi connectivity index (χ2v) is 8.94. The molecular formula is C22H21FN4O4S. The van der Waals surface area contributed by atoms with Crippen molar-refractivity contribution in [2.24, 2.45) is 0 Å². The van der Waals surface area contributed by atoms with E-state index in [1.54, 1.807) is 12.3 Å². The van der Waals surface area contributed by atoms with Crippen molar-refractivity contribution < 1.29 is 22.7 Å². The van der Waals surface area contributed by atoms with Crippen LogP contribution in [-0.4, -0.2) is 50.7 Å². The number of nitrogens with zero attached hydrogens (tertiary/aromatic N) is 3. The van der Waals surface area contributed by atoms with E-state index in [2.05, 4.69) is 14.6 Å². The molecule has 4 rings (SSSR count). The van der Waals surface area contributed by atoms with E-state index in [1.165, 1.54) is 12.1 Å². The molecule has 32 heavy (non-hydrogen) atoms. The average Bonchev–Trinajstić information content (AvgIpc) is 2.80. The summed E-state index contributed by atoms with van der Waals surface area (Å²) in [5.41, 5.74) is 0.464. The molecule has 2 N–H and O–H groups in total. The van der Waals surface area contributed by atoms with E-state index in [9.17, 15) is 22.7 Å². The lowest BCUT2D eigenvalue weighted by Gasteiger charge is -2.36. The van der Waals surface area contributed by atoms with Crippen LogP contribution in [0.2, 0.25) is 0 Å². The molecule has 1 aliphatic heterocycles. The fraction of sp³-hybridized carbons (Fsp3) is 0.182. The molecule has 0 spiro atoms. The van der Waals surface area contributed by atoms with E-state index in [4.69, 9.17) is 0 Å². The smallest absolute Gasteiger partial charge is 0.337 e. The van der Waals surface area contributed by atoms with Gasteiger partial charge in [-0.3, -0.25) is 4.72 Å². The molecule has 166 valence electrons. The molecule has 0 aliphatic carbocycles. The Balaban J connectivity index is 1.52. The van der Waals surface area contributed by atoms with Crippen LogP contribution in [0.1, 0.15) is 10.4 Å². The molecule has 2 heterocycles. The SMILES string of the molecule is O=C(O)c1cc(N2CCN(c3ccccn3)CC2)ccc1NS(=O)(=O)c1ccc(F)cc1. The van der Waals surface area contributed by atoms with E-state index >= 15 is 0 Å². The van der Waals surface area contributed by atoms with Crippen molar-refractivity contribution in [3.05, 3.63) is 78.2 Å². The topological polar surface area (TPSA) is 103 Å². The lowest BCUT2D eigenvalue weighted by atomic mass is 10.1. The number of rotatable bonds is 6. The van der Waals surface area contributed by atoms with E-state index in [0.717, 1.165) is 43.2 Å². The van der Waals surface area contributed by atoms with Crippen molar-refractivity contribution in [2.45, 2.75) is 4.90 Å². The van der Waals surface area contributed by atoms with Gasteiger partial charge >= 0.3 is 5.97 Å². The average molecular weight is 456 g/mol. The van der Waals surface area contributed by atoms with Gasteiger partial charge in [0.15, 0.2) is 0 Å². The molecule has 0 radical (unpaired) electrons. The molecule has 2 aromatic carbocycles. The maximum absolute atomic E-state index is 13.1. The number of pyridine rings is 1. The number of benzene rings is 2. The summed E-state index contributed by atoms with van der Waals surface area (Å²) in [6.45, 7) is 2.77. The summed E-state index contributed by atoms with van der Waals surface area (Å²) in [5.74, 6) is -0.928. The van der Waals surface area contributed by atoms with E-state index in [1.807, 2.05) is 23.1 Å². The standard InChI is InChI=1S/C22H21FN4O4S/c23-16-4-7-18(8-5-16)32(30,31)25-20-9-6-17(15-19(20)22(28)29)26-11-13-27(14-12-26)21-3-1-2-10-24-21/h1-10,15,25H,11-14H2,(H,28,29). The molecule has 10 heteroatoms. The number of piperazine rings is 1. The first-order valence-electron chi connectivity index (χ1n) is 9.90. The molecule has 1 saturated heterocycles. The number of anilines is 3. The van der Waals surface area contributed by atoms with Gasteiger partial charge in [-0.2, -0.15) is 0 Å². The summed E-state index contributed by atoms with van der Waals surface area (Å²) < 4.78 is 40.6. The molecule has 8 nitrogen and oxygen atoms in total. The van der Waals surface area contributed by atoms with Crippen LogP contribution in [0.5, 0.6) is 0 Å². The Labute approximate surface area is 185 Å². The number of carbonyl (C=O) groups is 1. The fourth-order valence-electron chi connectivity index (χ4n) is 3.55. The van der Waals surface area contributed by atoms with E-state index in [-0.39, 0.29) is 16.1 Å². The Morgan fingerprint density at radius 1 is 0.969 bits per heavy atom. The first kappa shape index (κ1) is 21.6. The van der Waals surface area contributed by atoms with Gasteiger partial charge in [0.2, 0.25) is 0 Å². The predicted molar refractivity (Wildman–Crippen MR) is 119 cm³/mol. The zero-order chi connectivity index (χ0) is 22.7. The molecule has 1 aromatic heterocycles. The highest BCUT2D eigenvalue weighted by molar-refractivity contribution is 7.92. The van der Waals surface area contributed by atoms with Crippen LogP contribution < -0.4 is 14.5 Å². The normalized spacial score (nSPS) is 14.3. The van der Waals surface area contributed by atoms with Crippen molar-refractivity contribution in [1.82, 2.24) is 4.98 Å². The highest BCUT2D eigenvalue weighted by Gasteiger charge is 2.22. The molecule has 1 fully saturated rings. The van der Waals surface area contributed by atoms with Gasteiger partial charge in [-0.05, 0) is 54.6 Å². The maximum atomic E-state index is 13.1. The largest absolute Gasteiger partial charge is 0.478 e. The summed E-state index contributed by atoms with van der Waals surface area (Å²) in [6, 6.07) is 14.6. The number of halogens is 1. The number of carboxylic acids is 1. The molecule has 0 saturated carbocycles. The zero-order valence-corrected chi connectivity index (χ0v) is 17.8. The molecule has 0 bridgehead atoms. The van der Waals surface area contributed by atoms with Gasteiger partial charge in [0.25, 0.3) is 10.0 Å². The minimum Gasteiger partial charge on any atom is -0.478 e. The van der Waals surface area contributed by atoms with Crippen LogP contribution in [0.15, 0.2) is 71.8 Å². The molecule has 0 atom stereocenters. The van der Waals surface area contributed by atoms with Gasteiger partial charge in [-0.1, -0.05) is 6.07 Å². The summed E-state index contributed by atoms with van der Waals surface area (Å²) in [6.07, 6.45) is 1.74. The van der Waals surface area contributed by atoms with Gasteiger partial charge < -0.3 is 14.9 Å². The minimum atomic E-state index is -4.07. The lowest BCUT2D eigenvalue weighted by molar-refractivity contribution is 0.0698. The van der Waals surface area contributed by atoms with Gasteiger partial charge in [-0.15, -0.1) is 0 Å². The maximum Gasteiger partial charge on any atom is 0.337 e. The first-order chi connectivity index (χ1) is 15.3. The molecular weight excluding hydrogens is 435 g/mol. The highest BCUT2D eigenvalue weighted by Crippen LogP contribution is 2.27. The van der Waals surface area contributed by atoms with Crippen LogP contribution in [0.25, 0.3) is 0 Å². The number of sulfonamides is 1. The van der Waals surface area contributed by atoms with Crippen molar-refractivity contribution in [1.29, 1.82) is 0 Å². The van der Waals surface area contributed by atoms with Crippen LogP contribution in [-0.2, 0) is 10.0 Å². The van der Waals surface area contributed by atoms with Crippen molar-refractivity contribution in [3.63, 3.8) is 0 Å². The Hall–Kier alpha value is -3.66. The van der Waals surface area contributed by atoms with Gasteiger partial charge in [0, 0.05) is 38.1 Å². The number of hydrogen-bond donors (Lipinski definition) is 2. The van der Waals surface area contributed by atoms with Crippen molar-refractivity contribution >= 4 is 33.2 Å². The van der Waals surface area contributed by atoms with Gasteiger partial charge in [0.1, 0.15) is 11.6 Å². The Bertz CT molecular complexity index is 1210. The molecule has 1 aliphatic rings. The zero-order valence-electron chi connectivity index (χ0n) is 17.0. The monoisotopic (exact) mass is 456 g/mol. The summed E-state index contributed by atoms with van der Waals surface area (Å²) >= 11 is 0. The third-order valence-electron chi connectivity index (χ3n) is 5.22. The van der Waals surface area contributed by atoms with E-state index in [0.29, 0.717) is 18.8 Å². The van der Waals surface area contributed by atoms with Gasteiger partial charge in [0.05, 0.1) is 16.1 Å². The third-order valence-corrected chi connectivity index (χ3v) is 6.60. The second kappa shape index (κ2) is 8.83. The summed E-state index contributed by atoms with van der Waals surface area (Å²) in [4.78, 5) is 20.2. The first-order valence-corrected chi connectivity index (χ1v) is 11.4. The Kier molecular flexibility index (Phi) is 5.95. The molecule has 3 aromatic rings. The Morgan fingerprint density at radius 3 is 2.28 bits per heavy atom. The van der Waals surface area contributed by atoms with Crippen LogP contribution in [0, 0.1) is 5.82 Å². The molecule has 0 unspecified atom stereocenters. The van der Waals surface area contributed by atoms with Crippen LogP contribution in [0.3, 0.4) is 0 Å². The number of aromatic nitrogens is 1. The highest BCUT2D eigenvalue weighted by atomic mass is 32.2. The lowest BCUT2D eigenvalue weighted by Crippen LogP contribution is -2.46. The van der Waals surface area contributed by atoms with Crippen molar-refractivity contribution in [2.75, 3.05) is 40.7 Å². The van der Waals surface area contributed by atoms with Crippen LogP contribution >= 0.6 is 0 Å². The predicted octanol–water partition coefficient (Wildman–Crippen LogP) is 3.05. The van der Waals surface area contributed by atoms with Crippen LogP contribution in [0.4, 0.5) is 21.6 Å². The fourth-order valence-corrected chi connectivity index (χ4v) is 4.63. The quantitative estimate of drug-likeness (QED) is 0.588. The molecule has 0 amide bonds.